The van der Waals surface area contributed by atoms with Gasteiger partial charge in [-0.3, -0.25) is 9.69 Å². The van der Waals surface area contributed by atoms with Crippen molar-refractivity contribution in [2.75, 3.05) is 45.8 Å². The number of amides is 1. The molecule has 3 rings (SSSR count). The van der Waals surface area contributed by atoms with Gasteiger partial charge in [0.1, 0.15) is 0 Å². The maximum absolute atomic E-state index is 12.6. The Morgan fingerprint density at radius 3 is 2.55 bits per heavy atom. The van der Waals surface area contributed by atoms with Gasteiger partial charge in [0.05, 0.1) is 6.54 Å². The van der Waals surface area contributed by atoms with E-state index >= 15 is 0 Å². The molecule has 3 aliphatic rings. The fraction of sp³-hybridized carbons (Fsp3) is 0.933. The summed E-state index contributed by atoms with van der Waals surface area (Å²) in [7, 11) is 0. The first-order chi connectivity index (χ1) is 10.4. The fourth-order valence-electron chi connectivity index (χ4n) is 4.00. The standard InChI is InChI=1S/C15H24F3N3O/c16-15(17,18)11-20-6-1-7-21(9-8-20)13(22)12-10-14(12)2-4-19-5-3-14/h12,19H,1-11H2. The molecule has 0 radical (unpaired) electrons. The molecule has 4 nitrogen and oxygen atoms in total. The van der Waals surface area contributed by atoms with Gasteiger partial charge in [0.25, 0.3) is 0 Å². The first-order valence-corrected chi connectivity index (χ1v) is 8.18. The largest absolute Gasteiger partial charge is 0.401 e. The first kappa shape index (κ1) is 16.1. The summed E-state index contributed by atoms with van der Waals surface area (Å²) in [6.45, 7) is 2.85. The molecule has 0 aromatic carbocycles. The number of nitrogens with zero attached hydrogens (tertiary/aromatic N) is 2. The van der Waals surface area contributed by atoms with Crippen LogP contribution in [-0.2, 0) is 4.79 Å². The van der Waals surface area contributed by atoms with Crippen molar-refractivity contribution in [1.29, 1.82) is 0 Å². The maximum atomic E-state index is 12.6. The average Bonchev–Trinajstić information content (AvgIpc) is 3.18. The molecule has 1 aliphatic carbocycles. The van der Waals surface area contributed by atoms with Gasteiger partial charge in [-0.05, 0) is 44.2 Å². The molecule has 7 heteroatoms. The smallest absolute Gasteiger partial charge is 0.341 e. The van der Waals surface area contributed by atoms with Crippen molar-refractivity contribution in [1.82, 2.24) is 15.1 Å². The van der Waals surface area contributed by atoms with Crippen LogP contribution in [0.4, 0.5) is 13.2 Å². The Labute approximate surface area is 129 Å². The number of alkyl halides is 3. The summed E-state index contributed by atoms with van der Waals surface area (Å²) in [6.07, 6.45) is -0.455. The second-order valence-corrected chi connectivity index (χ2v) is 6.94. The monoisotopic (exact) mass is 319 g/mol. The summed E-state index contributed by atoms with van der Waals surface area (Å²) in [5, 5.41) is 3.32. The summed E-state index contributed by atoms with van der Waals surface area (Å²) in [5.74, 6) is 0.291. The van der Waals surface area contributed by atoms with E-state index in [9.17, 15) is 18.0 Å². The van der Waals surface area contributed by atoms with Crippen molar-refractivity contribution < 1.29 is 18.0 Å². The summed E-state index contributed by atoms with van der Waals surface area (Å²) < 4.78 is 37.4. The highest BCUT2D eigenvalue weighted by molar-refractivity contribution is 5.82. The molecule has 0 aromatic heterocycles. The zero-order valence-corrected chi connectivity index (χ0v) is 12.8. The minimum Gasteiger partial charge on any atom is -0.341 e. The summed E-state index contributed by atoms with van der Waals surface area (Å²) >= 11 is 0. The lowest BCUT2D eigenvalue weighted by Crippen LogP contribution is -2.40. The molecule has 1 N–H and O–H groups in total. The second-order valence-electron chi connectivity index (χ2n) is 6.94. The highest BCUT2D eigenvalue weighted by atomic mass is 19.4. The third-order valence-electron chi connectivity index (χ3n) is 5.39. The van der Waals surface area contributed by atoms with Crippen LogP contribution in [0.25, 0.3) is 0 Å². The van der Waals surface area contributed by atoms with Crippen LogP contribution in [0.1, 0.15) is 25.7 Å². The topological polar surface area (TPSA) is 35.6 Å². The lowest BCUT2D eigenvalue weighted by Gasteiger charge is -2.26. The van der Waals surface area contributed by atoms with E-state index in [1.165, 1.54) is 4.90 Å². The van der Waals surface area contributed by atoms with Gasteiger partial charge in [-0.1, -0.05) is 0 Å². The Morgan fingerprint density at radius 2 is 1.86 bits per heavy atom. The van der Waals surface area contributed by atoms with Crippen LogP contribution >= 0.6 is 0 Å². The molecule has 126 valence electrons. The lowest BCUT2D eigenvalue weighted by molar-refractivity contribution is -0.145. The molecular weight excluding hydrogens is 295 g/mol. The number of halogens is 3. The highest BCUT2D eigenvalue weighted by Gasteiger charge is 2.58. The molecular formula is C15H24F3N3O. The zero-order valence-electron chi connectivity index (χ0n) is 12.8. The van der Waals surface area contributed by atoms with Crippen LogP contribution in [0.5, 0.6) is 0 Å². The summed E-state index contributed by atoms with van der Waals surface area (Å²) in [6, 6.07) is 0. The third kappa shape index (κ3) is 3.56. The summed E-state index contributed by atoms with van der Waals surface area (Å²) in [4.78, 5) is 15.9. The maximum Gasteiger partial charge on any atom is 0.401 e. The Hall–Kier alpha value is -0.820. The average molecular weight is 319 g/mol. The Kier molecular flexibility index (Phi) is 4.38. The van der Waals surface area contributed by atoms with Crippen LogP contribution in [-0.4, -0.2) is 67.7 Å². The van der Waals surface area contributed by atoms with Crippen LogP contribution < -0.4 is 5.32 Å². The van der Waals surface area contributed by atoms with Gasteiger partial charge in [-0.15, -0.1) is 0 Å². The van der Waals surface area contributed by atoms with E-state index in [1.807, 2.05) is 0 Å². The van der Waals surface area contributed by atoms with Crippen molar-refractivity contribution in [3.8, 4) is 0 Å². The molecule has 1 saturated carbocycles. The first-order valence-electron chi connectivity index (χ1n) is 8.18. The predicted molar refractivity (Wildman–Crippen MR) is 76.3 cm³/mol. The number of carbonyl (C=O) groups excluding carboxylic acids is 1. The predicted octanol–water partition coefficient (Wildman–Crippen LogP) is 1.47. The Balaban J connectivity index is 1.52. The van der Waals surface area contributed by atoms with Gasteiger partial charge in [-0.25, -0.2) is 0 Å². The van der Waals surface area contributed by atoms with Crippen molar-refractivity contribution in [2.24, 2.45) is 11.3 Å². The number of hydrogen-bond donors (Lipinski definition) is 1. The van der Waals surface area contributed by atoms with E-state index in [1.54, 1.807) is 4.90 Å². The number of rotatable bonds is 2. The van der Waals surface area contributed by atoms with Gasteiger partial charge in [-0.2, -0.15) is 13.2 Å². The highest BCUT2D eigenvalue weighted by Crippen LogP contribution is 2.59. The lowest BCUT2D eigenvalue weighted by atomic mass is 9.91. The van der Waals surface area contributed by atoms with E-state index in [2.05, 4.69) is 5.32 Å². The molecule has 2 aliphatic heterocycles. The minimum atomic E-state index is -4.16. The van der Waals surface area contributed by atoms with Crippen molar-refractivity contribution in [3.63, 3.8) is 0 Å². The van der Waals surface area contributed by atoms with Crippen molar-refractivity contribution >= 4 is 5.91 Å². The number of nitrogens with one attached hydrogen (secondary N) is 1. The van der Waals surface area contributed by atoms with Gasteiger partial charge < -0.3 is 10.2 Å². The molecule has 2 saturated heterocycles. The van der Waals surface area contributed by atoms with E-state index in [-0.39, 0.29) is 17.2 Å². The molecule has 0 aromatic rings. The molecule has 2 heterocycles. The van der Waals surface area contributed by atoms with Crippen LogP contribution in [0.2, 0.25) is 0 Å². The Bertz CT molecular complexity index is 421. The van der Waals surface area contributed by atoms with E-state index in [4.69, 9.17) is 0 Å². The van der Waals surface area contributed by atoms with E-state index < -0.39 is 12.7 Å². The number of carbonyl (C=O) groups is 1. The fourth-order valence-corrected chi connectivity index (χ4v) is 4.00. The van der Waals surface area contributed by atoms with Crippen LogP contribution in [0, 0.1) is 11.3 Å². The molecule has 0 bridgehead atoms. The zero-order chi connectivity index (χ0) is 15.8. The second kappa shape index (κ2) is 6.00. The van der Waals surface area contributed by atoms with Gasteiger partial charge >= 0.3 is 6.18 Å². The minimum absolute atomic E-state index is 0.115. The van der Waals surface area contributed by atoms with Gasteiger partial charge in [0.15, 0.2) is 0 Å². The molecule has 1 spiro atoms. The SMILES string of the molecule is O=C(C1CC12CCNCC2)N1CCCN(CC(F)(F)F)CC1. The van der Waals surface area contributed by atoms with Crippen LogP contribution in [0.15, 0.2) is 0 Å². The molecule has 1 amide bonds. The molecule has 3 fully saturated rings. The molecule has 1 atom stereocenters. The van der Waals surface area contributed by atoms with Crippen molar-refractivity contribution in [2.45, 2.75) is 31.9 Å². The molecule has 1 unspecified atom stereocenters. The van der Waals surface area contributed by atoms with E-state index in [0.29, 0.717) is 32.6 Å². The molecule has 22 heavy (non-hydrogen) atoms. The normalized spacial score (nSPS) is 29.4. The number of hydrogen-bond acceptors (Lipinski definition) is 3. The Morgan fingerprint density at radius 1 is 1.14 bits per heavy atom. The quantitative estimate of drug-likeness (QED) is 0.837. The van der Waals surface area contributed by atoms with Crippen LogP contribution in [0.3, 0.4) is 0 Å². The summed E-state index contributed by atoms with van der Waals surface area (Å²) in [5.41, 5.74) is 0.195. The van der Waals surface area contributed by atoms with Gasteiger partial charge in [0, 0.05) is 32.1 Å². The number of piperidine rings is 1. The third-order valence-corrected chi connectivity index (χ3v) is 5.39. The van der Waals surface area contributed by atoms with Crippen molar-refractivity contribution in [3.05, 3.63) is 0 Å². The van der Waals surface area contributed by atoms with Gasteiger partial charge in [0.2, 0.25) is 5.91 Å². The van der Waals surface area contributed by atoms with E-state index in [0.717, 1.165) is 32.4 Å².